The van der Waals surface area contributed by atoms with Crippen molar-refractivity contribution in [1.29, 1.82) is 0 Å². The number of rotatable bonds is 3. The molecule has 0 fully saturated rings. The number of hydrogen-bond acceptors (Lipinski definition) is 4. The zero-order valence-electron chi connectivity index (χ0n) is 7.82. The highest BCUT2D eigenvalue weighted by Gasteiger charge is 2.05. The van der Waals surface area contributed by atoms with Gasteiger partial charge >= 0.3 is 0 Å². The van der Waals surface area contributed by atoms with Crippen LogP contribution < -0.4 is 10.5 Å². The smallest absolute Gasteiger partial charge is 0.173 e. The highest BCUT2D eigenvalue weighted by atomic mass is 32.1. The summed E-state index contributed by atoms with van der Waals surface area (Å²) in [4.78, 5) is 2.50. The molecule has 0 saturated heterocycles. The predicted molar refractivity (Wildman–Crippen MR) is 62.1 cm³/mol. The van der Waals surface area contributed by atoms with Gasteiger partial charge in [0.05, 0.1) is 7.11 Å². The van der Waals surface area contributed by atoms with Gasteiger partial charge in [0.2, 0.25) is 0 Å². The van der Waals surface area contributed by atoms with Crippen LogP contribution in [-0.4, -0.2) is 7.11 Å². The van der Waals surface area contributed by atoms with Gasteiger partial charge in [-0.15, -0.1) is 11.3 Å². The van der Waals surface area contributed by atoms with E-state index in [1.54, 1.807) is 29.8 Å². The number of thiophene rings is 2. The summed E-state index contributed by atoms with van der Waals surface area (Å²) < 4.78 is 5.15. The first-order chi connectivity index (χ1) is 6.83. The molecule has 2 aromatic heterocycles. The molecule has 0 amide bonds. The standard InChI is InChI=1S/C10H11NOS2/c1-12-10-3-2-8(14-10)9-4-7(5-11)6-13-9/h2-4,6H,5,11H2,1H3. The van der Waals surface area contributed by atoms with Gasteiger partial charge < -0.3 is 10.5 Å². The van der Waals surface area contributed by atoms with Crippen LogP contribution in [0.25, 0.3) is 9.75 Å². The van der Waals surface area contributed by atoms with Crippen LogP contribution in [0.1, 0.15) is 5.56 Å². The Balaban J connectivity index is 2.29. The largest absolute Gasteiger partial charge is 0.487 e. The lowest BCUT2D eigenvalue weighted by atomic mass is 10.3. The molecule has 74 valence electrons. The second kappa shape index (κ2) is 4.13. The SMILES string of the molecule is COc1ccc(-c2cc(CN)cs2)s1. The summed E-state index contributed by atoms with van der Waals surface area (Å²) in [5.74, 6) is 0. The topological polar surface area (TPSA) is 35.2 Å². The van der Waals surface area contributed by atoms with E-state index >= 15 is 0 Å². The van der Waals surface area contributed by atoms with Gasteiger partial charge in [-0.3, -0.25) is 0 Å². The summed E-state index contributed by atoms with van der Waals surface area (Å²) in [5.41, 5.74) is 6.75. The molecule has 2 nitrogen and oxygen atoms in total. The molecule has 14 heavy (non-hydrogen) atoms. The first-order valence-electron chi connectivity index (χ1n) is 4.25. The van der Waals surface area contributed by atoms with Crippen LogP contribution in [0.5, 0.6) is 5.06 Å². The highest BCUT2D eigenvalue weighted by Crippen LogP contribution is 2.36. The average Bonchev–Trinajstić information content (AvgIpc) is 2.86. The lowest BCUT2D eigenvalue weighted by molar-refractivity contribution is 0.427. The monoisotopic (exact) mass is 225 g/mol. The second-order valence-corrected chi connectivity index (χ2v) is 4.80. The van der Waals surface area contributed by atoms with Gasteiger partial charge in [-0.1, -0.05) is 11.3 Å². The molecule has 2 N–H and O–H groups in total. The van der Waals surface area contributed by atoms with E-state index in [4.69, 9.17) is 10.5 Å². The molecule has 0 radical (unpaired) electrons. The fourth-order valence-corrected chi connectivity index (χ4v) is 3.02. The Labute approximate surface area is 91.0 Å². The van der Waals surface area contributed by atoms with Crippen LogP contribution in [0.15, 0.2) is 23.6 Å². The fraction of sp³-hybridized carbons (Fsp3) is 0.200. The van der Waals surface area contributed by atoms with Crippen LogP contribution in [0.4, 0.5) is 0 Å². The minimum Gasteiger partial charge on any atom is -0.487 e. The van der Waals surface area contributed by atoms with E-state index in [9.17, 15) is 0 Å². The van der Waals surface area contributed by atoms with Crippen molar-refractivity contribution in [1.82, 2.24) is 0 Å². The molecule has 0 aliphatic carbocycles. The summed E-state index contributed by atoms with van der Waals surface area (Å²) in [6, 6.07) is 6.20. The fourth-order valence-electron chi connectivity index (χ4n) is 1.17. The summed E-state index contributed by atoms with van der Waals surface area (Å²) in [6.07, 6.45) is 0. The number of ether oxygens (including phenoxy) is 1. The van der Waals surface area contributed by atoms with Crippen LogP contribution >= 0.6 is 22.7 Å². The molecule has 0 bridgehead atoms. The van der Waals surface area contributed by atoms with Crippen molar-refractivity contribution in [3.05, 3.63) is 29.1 Å². The first kappa shape index (κ1) is 9.71. The molecule has 0 saturated carbocycles. The van der Waals surface area contributed by atoms with Crippen LogP contribution in [0, 0.1) is 0 Å². The van der Waals surface area contributed by atoms with Crippen molar-refractivity contribution in [3.63, 3.8) is 0 Å². The summed E-state index contributed by atoms with van der Waals surface area (Å²) in [7, 11) is 1.69. The van der Waals surface area contributed by atoms with Crippen LogP contribution in [0.3, 0.4) is 0 Å². The molecule has 0 spiro atoms. The summed E-state index contributed by atoms with van der Waals surface area (Å²) >= 11 is 3.38. The van der Waals surface area contributed by atoms with Gasteiger partial charge in [0.15, 0.2) is 5.06 Å². The van der Waals surface area contributed by atoms with E-state index in [1.807, 2.05) is 6.07 Å². The predicted octanol–water partition coefficient (Wildman–Crippen LogP) is 2.94. The Kier molecular flexibility index (Phi) is 2.86. The van der Waals surface area contributed by atoms with Crippen LogP contribution in [0.2, 0.25) is 0 Å². The van der Waals surface area contributed by atoms with Crippen molar-refractivity contribution < 1.29 is 4.74 Å². The number of hydrogen-bond donors (Lipinski definition) is 1. The van der Waals surface area contributed by atoms with Crippen LogP contribution in [-0.2, 0) is 6.54 Å². The molecular formula is C10H11NOS2. The Morgan fingerprint density at radius 2 is 2.21 bits per heavy atom. The van der Waals surface area contributed by atoms with Gasteiger partial charge in [0.25, 0.3) is 0 Å². The maximum absolute atomic E-state index is 5.56. The van der Waals surface area contributed by atoms with Crippen molar-refractivity contribution in [3.8, 4) is 14.8 Å². The third-order valence-electron chi connectivity index (χ3n) is 1.91. The minimum absolute atomic E-state index is 0.610. The Morgan fingerprint density at radius 3 is 2.79 bits per heavy atom. The van der Waals surface area contributed by atoms with Crippen molar-refractivity contribution in [2.24, 2.45) is 5.73 Å². The van der Waals surface area contributed by atoms with E-state index in [2.05, 4.69) is 17.5 Å². The highest BCUT2D eigenvalue weighted by molar-refractivity contribution is 7.22. The van der Waals surface area contributed by atoms with Gasteiger partial charge in [-0.25, -0.2) is 0 Å². The van der Waals surface area contributed by atoms with Crippen molar-refractivity contribution in [2.45, 2.75) is 6.54 Å². The molecule has 2 heterocycles. The second-order valence-electron chi connectivity index (χ2n) is 2.85. The summed E-state index contributed by atoms with van der Waals surface area (Å²) in [6.45, 7) is 0.610. The zero-order valence-corrected chi connectivity index (χ0v) is 9.45. The first-order valence-corrected chi connectivity index (χ1v) is 5.95. The molecule has 4 heteroatoms. The normalized spacial score (nSPS) is 10.4. The van der Waals surface area contributed by atoms with Crippen molar-refractivity contribution >= 4 is 22.7 Å². The molecule has 0 unspecified atom stereocenters. The average molecular weight is 225 g/mol. The van der Waals surface area contributed by atoms with Gasteiger partial charge in [0.1, 0.15) is 0 Å². The number of methoxy groups -OCH3 is 1. The third-order valence-corrected chi connectivity index (χ3v) is 4.14. The number of nitrogens with two attached hydrogens (primary N) is 1. The lowest BCUT2D eigenvalue weighted by Gasteiger charge is -1.90. The molecule has 0 aliphatic heterocycles. The summed E-state index contributed by atoms with van der Waals surface area (Å²) in [5, 5.41) is 3.05. The van der Waals surface area contributed by atoms with E-state index in [-0.39, 0.29) is 0 Å². The zero-order chi connectivity index (χ0) is 9.97. The van der Waals surface area contributed by atoms with Crippen molar-refractivity contribution in [2.75, 3.05) is 7.11 Å². The molecule has 0 atom stereocenters. The third kappa shape index (κ3) is 1.82. The maximum atomic E-state index is 5.56. The lowest BCUT2D eigenvalue weighted by Crippen LogP contribution is -1.92. The van der Waals surface area contributed by atoms with Gasteiger partial charge in [0, 0.05) is 16.3 Å². The molecule has 0 aromatic carbocycles. The van der Waals surface area contributed by atoms with Gasteiger partial charge in [-0.2, -0.15) is 0 Å². The molecule has 0 aliphatic rings. The molecule has 2 rings (SSSR count). The maximum Gasteiger partial charge on any atom is 0.173 e. The van der Waals surface area contributed by atoms with E-state index < -0.39 is 0 Å². The quantitative estimate of drug-likeness (QED) is 0.871. The van der Waals surface area contributed by atoms with Gasteiger partial charge in [-0.05, 0) is 29.1 Å². The van der Waals surface area contributed by atoms with E-state index in [1.165, 1.54) is 15.3 Å². The molecule has 2 aromatic rings. The Bertz CT molecular complexity index is 379. The molecular weight excluding hydrogens is 214 g/mol. The Hall–Kier alpha value is -0.840. The van der Waals surface area contributed by atoms with E-state index in [0.29, 0.717) is 6.54 Å². The Morgan fingerprint density at radius 1 is 1.36 bits per heavy atom. The van der Waals surface area contributed by atoms with E-state index in [0.717, 1.165) is 5.06 Å². The minimum atomic E-state index is 0.610.